The SMILES string of the molecule is CC[C@@]1(O)C(=O)OCc2c1cc1n(c2=O)Cc2c-1nc1cc(F)c(C)c3c1c2[C@@H](NC(=O)COC1(OCc2ccc(NC(=O)[C@H](C)NC(=O)[C@@H](NC(=O)OCCNCCOC(=O)N[C@H](C(=O)N[C@@H](C)C(=O)Nc4ccc(COC5(OCC(=O)N[C@H]6CCc7c(C)c(F)cc8nc9c(c6c78)Cn6c-9cc7c(c6=O)COC(=O)[C@]7(O)CC)CCOCC5)cc4)C(C)C)C(C)C)cc2)CCOCC1)CC3. The number of aryl methyl sites for hydroxylation is 2. The molecule has 137 heavy (non-hydrogen) atoms. The van der Waals surface area contributed by atoms with Crippen LogP contribution in [0.4, 0.5) is 29.7 Å². The van der Waals surface area contributed by atoms with Gasteiger partial charge in [-0.15, -0.1) is 0 Å². The molecule has 2 saturated heterocycles. The van der Waals surface area contributed by atoms with E-state index in [4.69, 9.17) is 57.3 Å². The lowest BCUT2D eigenvalue weighted by atomic mass is 9.81. The summed E-state index contributed by atoms with van der Waals surface area (Å²) in [5.41, 5.74) is 4.93. The number of nitrogens with one attached hydrogen (secondary N) is 9. The van der Waals surface area contributed by atoms with Crippen molar-refractivity contribution in [2.45, 2.75) is 232 Å². The summed E-state index contributed by atoms with van der Waals surface area (Å²) in [6, 6.07) is 13.9. The average Bonchev–Trinajstić information content (AvgIpc) is 1.57. The van der Waals surface area contributed by atoms with Gasteiger partial charge in [0.15, 0.2) is 22.8 Å². The number of halogens is 2. The first-order valence-corrected chi connectivity index (χ1v) is 46.4. The fourth-order valence-corrected chi connectivity index (χ4v) is 19.3. The number of benzene rings is 4. The van der Waals surface area contributed by atoms with Gasteiger partial charge in [0.2, 0.25) is 35.4 Å². The number of hydrogen-bond acceptors (Lipinski definition) is 27. The number of hydrogen-bond donors (Lipinski definition) is 11. The molecule has 4 aromatic carbocycles. The molecule has 8 amide bonds. The van der Waals surface area contributed by atoms with Crippen molar-refractivity contribution >= 4 is 92.7 Å². The Labute approximate surface area is 785 Å². The number of anilines is 2. The number of rotatable bonds is 34. The van der Waals surface area contributed by atoms with Crippen LogP contribution in [0.1, 0.15) is 197 Å². The number of esters is 2. The van der Waals surface area contributed by atoms with Gasteiger partial charge in [0, 0.05) is 95.3 Å². The van der Waals surface area contributed by atoms with Crippen molar-refractivity contribution in [3.63, 3.8) is 0 Å². The number of aromatic nitrogens is 4. The van der Waals surface area contributed by atoms with Crippen molar-refractivity contribution in [1.82, 2.24) is 56.3 Å². The van der Waals surface area contributed by atoms with Gasteiger partial charge in [-0.1, -0.05) is 65.8 Å². The quantitative estimate of drug-likeness (QED) is 0.00795. The Kier molecular flexibility index (Phi) is 28.6. The number of carbonyl (C=O) groups is 10. The molecule has 39 heteroatoms. The molecule has 2 fully saturated rings. The first-order chi connectivity index (χ1) is 65.5. The molecule has 0 spiro atoms. The molecule has 11 N–H and O–H groups in total. The van der Waals surface area contributed by atoms with Gasteiger partial charge in [0.25, 0.3) is 11.1 Å². The third-order valence-electron chi connectivity index (χ3n) is 27.3. The van der Waals surface area contributed by atoms with E-state index in [9.17, 15) is 67.7 Å². The molecule has 0 radical (unpaired) electrons. The topological polar surface area (TPSA) is 482 Å². The minimum atomic E-state index is -2.06. The number of amides is 8. The summed E-state index contributed by atoms with van der Waals surface area (Å²) in [6.45, 7) is 16.3. The second-order valence-electron chi connectivity index (χ2n) is 36.7. The highest BCUT2D eigenvalue weighted by Gasteiger charge is 2.50. The summed E-state index contributed by atoms with van der Waals surface area (Å²) >= 11 is 0. The second kappa shape index (κ2) is 40.2. The third-order valence-corrected chi connectivity index (χ3v) is 27.3. The average molecular weight is 1900 g/mol. The lowest BCUT2D eigenvalue weighted by molar-refractivity contribution is -0.272. The molecular weight excluding hydrogens is 1780 g/mol. The van der Waals surface area contributed by atoms with Crippen molar-refractivity contribution in [3.8, 4) is 22.8 Å². The predicted octanol–water partition coefficient (Wildman–Crippen LogP) is 7.73. The molecule has 8 aliphatic rings. The van der Waals surface area contributed by atoms with E-state index in [1.54, 1.807) is 116 Å². The zero-order valence-corrected chi connectivity index (χ0v) is 77.9. The molecular formula is C98H113F2N13O24. The zero-order chi connectivity index (χ0) is 97.4. The van der Waals surface area contributed by atoms with Crippen molar-refractivity contribution < 1.29 is 114 Å². The fourth-order valence-electron chi connectivity index (χ4n) is 19.3. The van der Waals surface area contributed by atoms with Crippen molar-refractivity contribution in [1.29, 1.82) is 0 Å². The fraction of sp³-hybridized carbons (Fsp3) is 0.490. The maximum absolute atomic E-state index is 15.6. The van der Waals surface area contributed by atoms with Gasteiger partial charge in [-0.05, 0) is 159 Å². The summed E-state index contributed by atoms with van der Waals surface area (Å²) in [5.74, 6) is -9.29. The lowest BCUT2D eigenvalue weighted by Gasteiger charge is -2.37. The van der Waals surface area contributed by atoms with Gasteiger partial charge in [-0.2, -0.15) is 0 Å². The van der Waals surface area contributed by atoms with Crippen molar-refractivity contribution in [2.75, 3.05) is 76.6 Å². The van der Waals surface area contributed by atoms with Crippen LogP contribution in [0.5, 0.6) is 0 Å². The lowest BCUT2D eigenvalue weighted by Crippen LogP contribution is -2.54. The maximum Gasteiger partial charge on any atom is 0.407 e. The predicted molar refractivity (Wildman–Crippen MR) is 488 cm³/mol. The number of alkyl carbamates (subject to hydrolysis) is 2. The van der Waals surface area contributed by atoms with E-state index in [0.29, 0.717) is 178 Å². The van der Waals surface area contributed by atoms with E-state index in [0.717, 1.165) is 11.1 Å². The number of nitrogens with zero attached hydrogens (tertiary/aromatic N) is 4. The first kappa shape index (κ1) is 97.5. The minimum Gasteiger partial charge on any atom is -0.458 e. The number of fused-ring (bicyclic) bond motifs is 10. The largest absolute Gasteiger partial charge is 0.458 e. The van der Waals surface area contributed by atoms with E-state index in [1.165, 1.54) is 35.1 Å². The number of pyridine rings is 4. The van der Waals surface area contributed by atoms with E-state index in [2.05, 4.69) is 47.9 Å². The van der Waals surface area contributed by atoms with Crippen LogP contribution in [-0.4, -0.2) is 191 Å². The van der Waals surface area contributed by atoms with E-state index < -0.39 is 166 Å². The van der Waals surface area contributed by atoms with Crippen LogP contribution in [0, 0.1) is 37.3 Å². The van der Waals surface area contributed by atoms with E-state index >= 15 is 8.78 Å². The Bertz CT molecular complexity index is 5900. The maximum atomic E-state index is 15.6. The Hall–Kier alpha value is -12.6. The molecule has 0 bridgehead atoms. The van der Waals surface area contributed by atoms with Gasteiger partial charge in [-0.3, -0.25) is 38.4 Å². The molecule has 8 atom stereocenters. The summed E-state index contributed by atoms with van der Waals surface area (Å²) < 4.78 is 92.5. The Morgan fingerprint density at radius 3 is 1.25 bits per heavy atom. The molecule has 8 aromatic rings. The highest BCUT2D eigenvalue weighted by molar-refractivity contribution is 6.00. The van der Waals surface area contributed by atoms with Crippen molar-refractivity contribution in [2.24, 2.45) is 11.8 Å². The Morgan fingerprint density at radius 2 is 0.883 bits per heavy atom. The normalized spacial score (nSPS) is 19.9. The molecule has 4 aromatic heterocycles. The molecule has 2 aliphatic carbocycles. The van der Waals surface area contributed by atoms with Gasteiger partial charge in [0.1, 0.15) is 75.4 Å². The van der Waals surface area contributed by atoms with Gasteiger partial charge in [0.05, 0.1) is 110 Å². The summed E-state index contributed by atoms with van der Waals surface area (Å²) in [6.07, 6.45) is 0.909. The molecule has 16 rings (SSSR count). The van der Waals surface area contributed by atoms with Crippen LogP contribution < -0.4 is 59.0 Å². The first-order valence-electron chi connectivity index (χ1n) is 46.4. The number of ether oxygens (including phenoxy) is 10. The summed E-state index contributed by atoms with van der Waals surface area (Å²) in [5, 5.41) is 49.7. The highest BCUT2D eigenvalue weighted by Crippen LogP contribution is 2.49. The summed E-state index contributed by atoms with van der Waals surface area (Å²) in [4.78, 5) is 173. The second-order valence-corrected chi connectivity index (χ2v) is 36.7. The van der Waals surface area contributed by atoms with E-state index in [-0.39, 0.29) is 101 Å². The molecule has 0 saturated carbocycles. The van der Waals surface area contributed by atoms with Crippen molar-refractivity contribution in [3.05, 3.63) is 183 Å². The van der Waals surface area contributed by atoms with Gasteiger partial charge >= 0.3 is 24.1 Å². The zero-order valence-electron chi connectivity index (χ0n) is 77.9. The monoisotopic (exact) mass is 1890 g/mol. The molecule has 10 heterocycles. The van der Waals surface area contributed by atoms with Gasteiger partial charge < -0.3 is 115 Å². The molecule has 728 valence electrons. The van der Waals surface area contributed by atoms with Crippen LogP contribution in [0.15, 0.2) is 82.4 Å². The smallest absolute Gasteiger partial charge is 0.407 e. The molecule has 37 nitrogen and oxygen atoms in total. The van der Waals surface area contributed by atoms with Gasteiger partial charge in [-0.25, -0.2) is 37.9 Å². The Morgan fingerprint density at radius 1 is 0.504 bits per heavy atom. The standard InChI is InChI=1S/C98H113F2N13O24/c1-11-97(126)65-37-73-83-61(41-112(73)89(120)63(65)45-132-91(97)122)79-69(23-21-59-51(7)67(99)39-71(108-83)77(59)79)106-75(114)47-136-95(25-31-128-32-26-95)134-43-55-13-17-57(18-14-55)104-85(116)53(9)102-87(118)81(49(3)4)110-93(124)130-35-29-101-30-36-131-94(125)111-82(50(5)6)88(119)103-54(10)86(117)105-58-19-15-56(16-20-58)44-135-96(27-33-129-34-28-96)137-48-76(115)107-70-24-22-60-52(8)68(100)40-72-78(60)80(70)62-42-113-74(84(62)109-72)38-66-64(90(113)121)46-133-92(123)98(66,127)12-2/h13-20,37-40,49-50,53-54,69-70,81-82,101,126-127H,11-12,21-36,41-48H2,1-10H3,(H,102,118)(H,103,119)(H,104,116)(H,105,117)(H,106,114)(H,107,115)(H,110,124)(H,111,125)/t53-,54-,69-,70-,81-,82-,97-,98-/m0/s1. The van der Waals surface area contributed by atoms with Crippen LogP contribution in [-0.2, 0) is 149 Å². The third kappa shape index (κ3) is 19.8. The number of carbonyl (C=O) groups excluding carboxylic acids is 10. The minimum absolute atomic E-state index is 0.0472. The molecule has 6 aliphatic heterocycles. The van der Waals surface area contributed by atoms with Crippen LogP contribution in [0.25, 0.3) is 44.6 Å². The van der Waals surface area contributed by atoms with Crippen LogP contribution in [0.3, 0.4) is 0 Å². The molecule has 0 unspecified atom stereocenters. The van der Waals surface area contributed by atoms with Crippen LogP contribution in [0.2, 0.25) is 0 Å². The Balaban J connectivity index is 0.434. The number of aliphatic hydroxyl groups is 2. The summed E-state index contributed by atoms with van der Waals surface area (Å²) in [7, 11) is 0. The highest BCUT2D eigenvalue weighted by atomic mass is 19.1. The van der Waals surface area contributed by atoms with Crippen LogP contribution >= 0.6 is 0 Å². The number of cyclic esters (lactones) is 2. The van der Waals surface area contributed by atoms with E-state index in [1.807, 2.05) is 0 Å².